The number of non-ortho nitro benzene ring substituents is 1. The number of carbonyl (C=O) groups excluding carboxylic acids is 1. The van der Waals surface area contributed by atoms with E-state index in [0.717, 1.165) is 24.2 Å². The molecule has 1 heterocycles. The van der Waals surface area contributed by atoms with Crippen molar-refractivity contribution in [2.75, 3.05) is 37.7 Å². The third-order valence-electron chi connectivity index (χ3n) is 3.93. The van der Waals surface area contributed by atoms with Crippen molar-refractivity contribution in [1.29, 1.82) is 0 Å². The molecule has 0 fully saturated rings. The summed E-state index contributed by atoms with van der Waals surface area (Å²) in [5.74, 6) is 0. The van der Waals surface area contributed by atoms with Crippen LogP contribution in [-0.2, 0) is 11.2 Å². The summed E-state index contributed by atoms with van der Waals surface area (Å²) in [6.45, 7) is 7.04. The fourth-order valence-corrected chi connectivity index (χ4v) is 2.76. The Kier molecular flexibility index (Phi) is 5.84. The van der Waals surface area contributed by atoms with Crippen LogP contribution >= 0.6 is 0 Å². The van der Waals surface area contributed by atoms with Gasteiger partial charge in [0, 0.05) is 44.0 Å². The van der Waals surface area contributed by atoms with Gasteiger partial charge in [0.25, 0.3) is 5.69 Å². The van der Waals surface area contributed by atoms with Crippen molar-refractivity contribution >= 4 is 17.5 Å². The highest BCUT2D eigenvalue weighted by molar-refractivity contribution is 5.68. The van der Waals surface area contributed by atoms with E-state index in [1.165, 1.54) is 11.0 Å². The fraction of sp³-hybridized carbons (Fsp3) is 0.588. The molecule has 2 rings (SSSR count). The number of hydrogen-bond acceptors (Lipinski definition) is 6. The summed E-state index contributed by atoms with van der Waals surface area (Å²) in [5, 5.41) is 20.2. The zero-order chi connectivity index (χ0) is 18.6. The Morgan fingerprint density at radius 3 is 2.72 bits per heavy atom. The van der Waals surface area contributed by atoms with E-state index >= 15 is 0 Å². The van der Waals surface area contributed by atoms with Gasteiger partial charge in [0.2, 0.25) is 0 Å². The van der Waals surface area contributed by atoms with E-state index in [9.17, 15) is 20.0 Å². The highest BCUT2D eigenvalue weighted by Crippen LogP contribution is 2.31. The van der Waals surface area contributed by atoms with Crippen LogP contribution < -0.4 is 4.90 Å². The topological polar surface area (TPSA) is 96.2 Å². The molecule has 0 spiro atoms. The van der Waals surface area contributed by atoms with Crippen LogP contribution in [0.4, 0.5) is 16.2 Å². The molecule has 0 atom stereocenters. The number of benzene rings is 1. The van der Waals surface area contributed by atoms with Gasteiger partial charge < -0.3 is 19.6 Å². The third-order valence-corrected chi connectivity index (χ3v) is 3.93. The van der Waals surface area contributed by atoms with Gasteiger partial charge in [-0.2, -0.15) is 0 Å². The Morgan fingerprint density at radius 2 is 2.12 bits per heavy atom. The first-order chi connectivity index (χ1) is 11.7. The fourth-order valence-electron chi connectivity index (χ4n) is 2.76. The summed E-state index contributed by atoms with van der Waals surface area (Å²) in [4.78, 5) is 26.3. The van der Waals surface area contributed by atoms with Crippen LogP contribution in [0.3, 0.4) is 0 Å². The summed E-state index contributed by atoms with van der Waals surface area (Å²) in [7, 11) is 0. The second kappa shape index (κ2) is 7.69. The van der Waals surface area contributed by atoms with E-state index in [0.29, 0.717) is 13.1 Å². The molecule has 1 aliphatic heterocycles. The molecule has 0 saturated heterocycles. The predicted molar refractivity (Wildman–Crippen MR) is 93.9 cm³/mol. The maximum atomic E-state index is 12.2. The predicted octanol–water partition coefficient (Wildman–Crippen LogP) is 2.19. The average molecular weight is 351 g/mol. The van der Waals surface area contributed by atoms with Gasteiger partial charge >= 0.3 is 6.09 Å². The van der Waals surface area contributed by atoms with Crippen molar-refractivity contribution in [2.24, 2.45) is 0 Å². The number of aliphatic hydroxyl groups is 1. The molecule has 8 nitrogen and oxygen atoms in total. The standard InChI is InChI=1S/C17H25N3O5/c1-17(2,3)25-16(22)19(10-11-21)9-8-18-7-6-13-4-5-14(20(23)24)12-15(13)18/h4-5,12,21H,6-11H2,1-3H3. The summed E-state index contributed by atoms with van der Waals surface area (Å²) >= 11 is 0. The molecule has 0 unspecified atom stereocenters. The second-order valence-corrected chi connectivity index (χ2v) is 7.00. The summed E-state index contributed by atoms with van der Waals surface area (Å²) < 4.78 is 5.36. The first-order valence-electron chi connectivity index (χ1n) is 8.32. The van der Waals surface area contributed by atoms with Gasteiger partial charge in [-0.25, -0.2) is 4.79 Å². The number of amides is 1. The SMILES string of the molecule is CC(C)(C)OC(=O)N(CCO)CCN1CCc2ccc([N+](=O)[O-])cc21. The van der Waals surface area contributed by atoms with E-state index in [1.54, 1.807) is 32.9 Å². The lowest BCUT2D eigenvalue weighted by molar-refractivity contribution is -0.384. The molecule has 25 heavy (non-hydrogen) atoms. The summed E-state index contributed by atoms with van der Waals surface area (Å²) in [6, 6.07) is 4.88. The van der Waals surface area contributed by atoms with Crippen molar-refractivity contribution in [3.63, 3.8) is 0 Å². The molecule has 8 heteroatoms. The number of nitro benzene ring substituents is 1. The summed E-state index contributed by atoms with van der Waals surface area (Å²) in [6.07, 6.45) is 0.347. The minimum atomic E-state index is -0.606. The van der Waals surface area contributed by atoms with Crippen molar-refractivity contribution < 1.29 is 19.6 Å². The molecule has 0 aliphatic carbocycles. The molecule has 1 aliphatic rings. The Bertz CT molecular complexity index is 642. The van der Waals surface area contributed by atoms with Crippen molar-refractivity contribution in [3.8, 4) is 0 Å². The minimum Gasteiger partial charge on any atom is -0.444 e. The van der Waals surface area contributed by atoms with Gasteiger partial charge in [-0.05, 0) is 32.8 Å². The molecule has 0 radical (unpaired) electrons. The molecular weight excluding hydrogens is 326 g/mol. The van der Waals surface area contributed by atoms with Crippen molar-refractivity contribution in [3.05, 3.63) is 33.9 Å². The van der Waals surface area contributed by atoms with Gasteiger partial charge in [-0.3, -0.25) is 10.1 Å². The first-order valence-corrected chi connectivity index (χ1v) is 8.32. The van der Waals surface area contributed by atoms with Crippen LogP contribution in [0.25, 0.3) is 0 Å². The second-order valence-electron chi connectivity index (χ2n) is 7.00. The number of anilines is 1. The van der Waals surface area contributed by atoms with Crippen LogP contribution in [0.15, 0.2) is 18.2 Å². The van der Waals surface area contributed by atoms with E-state index in [1.807, 2.05) is 4.90 Å². The molecule has 1 N–H and O–H groups in total. The Morgan fingerprint density at radius 1 is 1.40 bits per heavy atom. The number of aliphatic hydroxyl groups excluding tert-OH is 1. The molecule has 1 aromatic carbocycles. The van der Waals surface area contributed by atoms with E-state index in [-0.39, 0.29) is 18.8 Å². The molecule has 1 aromatic rings. The maximum absolute atomic E-state index is 12.2. The lowest BCUT2D eigenvalue weighted by Gasteiger charge is -2.29. The molecule has 138 valence electrons. The van der Waals surface area contributed by atoms with Crippen LogP contribution in [-0.4, -0.2) is 59.4 Å². The highest BCUT2D eigenvalue weighted by Gasteiger charge is 2.25. The number of nitro groups is 1. The molecule has 0 aromatic heterocycles. The van der Waals surface area contributed by atoms with Gasteiger partial charge in [0.15, 0.2) is 0 Å². The van der Waals surface area contributed by atoms with Crippen molar-refractivity contribution in [2.45, 2.75) is 32.8 Å². The lowest BCUT2D eigenvalue weighted by Crippen LogP contribution is -2.42. The zero-order valence-electron chi connectivity index (χ0n) is 14.9. The lowest BCUT2D eigenvalue weighted by atomic mass is 10.1. The number of carbonyl (C=O) groups is 1. The quantitative estimate of drug-likeness (QED) is 0.623. The molecule has 0 saturated carbocycles. The maximum Gasteiger partial charge on any atom is 0.410 e. The molecular formula is C17H25N3O5. The molecule has 0 bridgehead atoms. The third kappa shape index (κ3) is 5.06. The first kappa shape index (κ1) is 19.0. The minimum absolute atomic E-state index is 0.0602. The van der Waals surface area contributed by atoms with Gasteiger partial charge in [0.05, 0.1) is 11.5 Å². The van der Waals surface area contributed by atoms with Gasteiger partial charge in [0.1, 0.15) is 5.60 Å². The Hall–Kier alpha value is -2.35. The Labute approximate surface area is 147 Å². The normalized spacial score (nSPS) is 13.5. The average Bonchev–Trinajstić information content (AvgIpc) is 2.91. The number of rotatable bonds is 6. The van der Waals surface area contributed by atoms with Crippen LogP contribution in [0, 0.1) is 10.1 Å². The summed E-state index contributed by atoms with van der Waals surface area (Å²) in [5.41, 5.74) is 1.36. The monoisotopic (exact) mass is 351 g/mol. The zero-order valence-corrected chi connectivity index (χ0v) is 14.9. The number of nitrogens with zero attached hydrogens (tertiary/aromatic N) is 3. The highest BCUT2D eigenvalue weighted by atomic mass is 16.6. The van der Waals surface area contributed by atoms with Crippen molar-refractivity contribution in [1.82, 2.24) is 4.90 Å². The van der Waals surface area contributed by atoms with E-state index in [4.69, 9.17) is 4.74 Å². The van der Waals surface area contributed by atoms with Gasteiger partial charge in [-0.1, -0.05) is 6.07 Å². The largest absolute Gasteiger partial charge is 0.444 e. The number of fused-ring (bicyclic) bond motifs is 1. The number of hydrogen-bond donors (Lipinski definition) is 1. The van der Waals surface area contributed by atoms with Crippen LogP contribution in [0.1, 0.15) is 26.3 Å². The smallest absolute Gasteiger partial charge is 0.410 e. The van der Waals surface area contributed by atoms with Gasteiger partial charge in [-0.15, -0.1) is 0 Å². The number of ether oxygens (including phenoxy) is 1. The van der Waals surface area contributed by atoms with Crippen LogP contribution in [0.2, 0.25) is 0 Å². The molecule has 1 amide bonds. The Balaban J connectivity index is 2.04. The van der Waals surface area contributed by atoms with Crippen LogP contribution in [0.5, 0.6) is 0 Å². The van der Waals surface area contributed by atoms with E-state index in [2.05, 4.69) is 0 Å². The van der Waals surface area contributed by atoms with E-state index < -0.39 is 16.6 Å².